The van der Waals surface area contributed by atoms with Crippen LogP contribution in [0.5, 0.6) is 0 Å². The Labute approximate surface area is 104 Å². The van der Waals surface area contributed by atoms with E-state index in [1.807, 2.05) is 16.7 Å². The van der Waals surface area contributed by atoms with Crippen molar-refractivity contribution in [2.45, 2.75) is 51.7 Å². The number of piperidine rings is 1. The van der Waals surface area contributed by atoms with Crippen molar-refractivity contribution in [1.29, 1.82) is 0 Å². The van der Waals surface area contributed by atoms with E-state index in [0.717, 1.165) is 38.9 Å². The van der Waals surface area contributed by atoms with Gasteiger partial charge in [0.1, 0.15) is 0 Å². The third-order valence-corrected chi connectivity index (χ3v) is 3.81. The van der Waals surface area contributed by atoms with Crippen molar-refractivity contribution in [3.63, 3.8) is 0 Å². The van der Waals surface area contributed by atoms with E-state index in [9.17, 15) is 4.79 Å². The normalized spacial score (nSPS) is 30.5. The van der Waals surface area contributed by atoms with Crippen LogP contribution < -0.4 is 0 Å². The average molecular weight is 240 g/mol. The second-order valence-corrected chi connectivity index (χ2v) is 5.19. The molecule has 4 nitrogen and oxygen atoms in total. The molecule has 0 aromatic rings. The van der Waals surface area contributed by atoms with Crippen molar-refractivity contribution < 1.29 is 9.53 Å². The van der Waals surface area contributed by atoms with Crippen LogP contribution in [0.4, 0.5) is 4.79 Å². The van der Waals surface area contributed by atoms with E-state index in [-0.39, 0.29) is 18.2 Å². The lowest BCUT2D eigenvalue weighted by atomic mass is 10.1. The Morgan fingerprint density at radius 1 is 1.29 bits per heavy atom. The van der Waals surface area contributed by atoms with Crippen molar-refractivity contribution >= 4 is 6.03 Å². The molecule has 0 aromatic heterocycles. The zero-order valence-electron chi connectivity index (χ0n) is 11.0. The van der Waals surface area contributed by atoms with Crippen LogP contribution in [-0.2, 0) is 4.74 Å². The second kappa shape index (κ2) is 5.71. The minimum absolute atomic E-state index is 0.173. The van der Waals surface area contributed by atoms with Gasteiger partial charge in [-0.15, -0.1) is 0 Å². The van der Waals surface area contributed by atoms with Crippen LogP contribution in [0.25, 0.3) is 0 Å². The van der Waals surface area contributed by atoms with E-state index in [1.54, 1.807) is 0 Å². The summed E-state index contributed by atoms with van der Waals surface area (Å²) < 4.78 is 5.64. The maximum Gasteiger partial charge on any atom is 0.320 e. The van der Waals surface area contributed by atoms with Gasteiger partial charge < -0.3 is 14.5 Å². The second-order valence-electron chi connectivity index (χ2n) is 5.19. The number of ether oxygens (including phenoxy) is 1. The van der Waals surface area contributed by atoms with Gasteiger partial charge in [-0.25, -0.2) is 4.79 Å². The number of rotatable bonds is 1. The molecule has 0 N–H and O–H groups in total. The summed E-state index contributed by atoms with van der Waals surface area (Å²) in [6, 6.07) is 0.493. The topological polar surface area (TPSA) is 32.8 Å². The number of amides is 2. The minimum atomic E-state index is 0.173. The standard InChI is InChI=1S/C13H24N2O2/c1-3-12-10-17-11(2)9-15(12)13(16)14-7-5-4-6-8-14/h11-12H,3-10H2,1-2H3. The van der Waals surface area contributed by atoms with Crippen molar-refractivity contribution in [3.05, 3.63) is 0 Å². The maximum absolute atomic E-state index is 12.5. The van der Waals surface area contributed by atoms with Crippen molar-refractivity contribution in [3.8, 4) is 0 Å². The van der Waals surface area contributed by atoms with E-state index >= 15 is 0 Å². The van der Waals surface area contributed by atoms with Crippen molar-refractivity contribution in [2.75, 3.05) is 26.2 Å². The molecule has 2 unspecified atom stereocenters. The Morgan fingerprint density at radius 2 is 2.00 bits per heavy atom. The number of hydrogen-bond acceptors (Lipinski definition) is 2. The summed E-state index contributed by atoms with van der Waals surface area (Å²) in [5.74, 6) is 0. The number of carbonyl (C=O) groups is 1. The first kappa shape index (κ1) is 12.7. The summed E-state index contributed by atoms with van der Waals surface area (Å²) in [5, 5.41) is 0. The molecule has 0 radical (unpaired) electrons. The summed E-state index contributed by atoms with van der Waals surface area (Å²) in [5.41, 5.74) is 0. The first-order chi connectivity index (χ1) is 8.22. The van der Waals surface area contributed by atoms with Gasteiger partial charge in [0.05, 0.1) is 18.8 Å². The van der Waals surface area contributed by atoms with Gasteiger partial charge in [-0.3, -0.25) is 0 Å². The largest absolute Gasteiger partial charge is 0.375 e. The quantitative estimate of drug-likeness (QED) is 0.703. The first-order valence-electron chi connectivity index (χ1n) is 6.89. The molecule has 2 rings (SSSR count). The highest BCUT2D eigenvalue weighted by molar-refractivity contribution is 5.75. The lowest BCUT2D eigenvalue weighted by Crippen LogP contribution is -2.56. The fraction of sp³-hybridized carbons (Fsp3) is 0.923. The Bertz CT molecular complexity index is 264. The molecule has 2 atom stereocenters. The number of hydrogen-bond donors (Lipinski definition) is 0. The van der Waals surface area contributed by atoms with Crippen LogP contribution in [0.1, 0.15) is 39.5 Å². The van der Waals surface area contributed by atoms with Gasteiger partial charge in [0.25, 0.3) is 0 Å². The molecule has 17 heavy (non-hydrogen) atoms. The van der Waals surface area contributed by atoms with E-state index in [4.69, 9.17) is 4.74 Å². The molecule has 2 heterocycles. The Balaban J connectivity index is 1.99. The van der Waals surface area contributed by atoms with Gasteiger partial charge in [-0.1, -0.05) is 6.92 Å². The molecule has 0 saturated carbocycles. The Kier molecular flexibility index (Phi) is 4.26. The maximum atomic E-state index is 12.5. The average Bonchev–Trinajstić information content (AvgIpc) is 2.39. The molecule has 98 valence electrons. The number of urea groups is 1. The molecule has 4 heteroatoms. The predicted molar refractivity (Wildman–Crippen MR) is 67.0 cm³/mol. The fourth-order valence-electron chi connectivity index (χ4n) is 2.68. The fourth-order valence-corrected chi connectivity index (χ4v) is 2.68. The molecule has 0 spiro atoms. The third kappa shape index (κ3) is 2.92. The number of morpholine rings is 1. The monoisotopic (exact) mass is 240 g/mol. The molecule has 0 bridgehead atoms. The molecule has 2 aliphatic heterocycles. The highest BCUT2D eigenvalue weighted by atomic mass is 16.5. The van der Waals surface area contributed by atoms with Crippen molar-refractivity contribution in [2.24, 2.45) is 0 Å². The van der Waals surface area contributed by atoms with Crippen LogP contribution in [0.3, 0.4) is 0 Å². The molecular formula is C13H24N2O2. The van der Waals surface area contributed by atoms with Gasteiger partial charge in [0, 0.05) is 19.6 Å². The molecular weight excluding hydrogens is 216 g/mol. The smallest absolute Gasteiger partial charge is 0.320 e. The van der Waals surface area contributed by atoms with E-state index < -0.39 is 0 Å². The van der Waals surface area contributed by atoms with Crippen molar-refractivity contribution in [1.82, 2.24) is 9.80 Å². The third-order valence-electron chi connectivity index (χ3n) is 3.81. The number of carbonyl (C=O) groups excluding carboxylic acids is 1. The summed E-state index contributed by atoms with van der Waals surface area (Å²) in [6.45, 7) is 7.47. The molecule has 2 aliphatic rings. The van der Waals surface area contributed by atoms with Gasteiger partial charge in [0.15, 0.2) is 0 Å². The van der Waals surface area contributed by atoms with Gasteiger partial charge in [0.2, 0.25) is 0 Å². The number of likely N-dealkylation sites (tertiary alicyclic amines) is 1. The van der Waals surface area contributed by atoms with Gasteiger partial charge in [-0.2, -0.15) is 0 Å². The molecule has 2 fully saturated rings. The summed E-state index contributed by atoms with van der Waals surface area (Å²) in [4.78, 5) is 16.5. The van der Waals surface area contributed by atoms with E-state index in [1.165, 1.54) is 6.42 Å². The summed E-state index contributed by atoms with van der Waals surface area (Å²) >= 11 is 0. The zero-order valence-corrected chi connectivity index (χ0v) is 11.0. The molecule has 2 saturated heterocycles. The van der Waals surface area contributed by atoms with Crippen LogP contribution in [0.2, 0.25) is 0 Å². The van der Waals surface area contributed by atoms with Crippen LogP contribution in [0, 0.1) is 0 Å². The Morgan fingerprint density at radius 3 is 2.65 bits per heavy atom. The van der Waals surface area contributed by atoms with Crippen LogP contribution in [0.15, 0.2) is 0 Å². The summed E-state index contributed by atoms with van der Waals surface area (Å²) in [6.07, 6.45) is 4.73. The first-order valence-corrected chi connectivity index (χ1v) is 6.89. The SMILES string of the molecule is CCC1COC(C)CN1C(=O)N1CCCCC1. The van der Waals surface area contributed by atoms with Gasteiger partial charge >= 0.3 is 6.03 Å². The van der Waals surface area contributed by atoms with Gasteiger partial charge in [-0.05, 0) is 32.6 Å². The number of nitrogens with zero attached hydrogens (tertiary/aromatic N) is 2. The highest BCUT2D eigenvalue weighted by Crippen LogP contribution is 2.18. The van der Waals surface area contributed by atoms with E-state index in [0.29, 0.717) is 6.61 Å². The minimum Gasteiger partial charge on any atom is -0.375 e. The summed E-state index contributed by atoms with van der Waals surface area (Å²) in [7, 11) is 0. The van der Waals surface area contributed by atoms with E-state index in [2.05, 4.69) is 6.92 Å². The highest BCUT2D eigenvalue weighted by Gasteiger charge is 2.32. The molecule has 0 aromatic carbocycles. The van der Waals surface area contributed by atoms with Crippen LogP contribution >= 0.6 is 0 Å². The Hall–Kier alpha value is -0.770. The molecule has 2 amide bonds. The van der Waals surface area contributed by atoms with Crippen LogP contribution in [-0.4, -0.2) is 54.2 Å². The predicted octanol–water partition coefficient (Wildman–Crippen LogP) is 2.09. The molecule has 0 aliphatic carbocycles. The zero-order chi connectivity index (χ0) is 12.3. The lowest BCUT2D eigenvalue weighted by Gasteiger charge is -2.41. The lowest BCUT2D eigenvalue weighted by molar-refractivity contribution is -0.0438.